The first-order chi connectivity index (χ1) is 9.81. The van der Waals surface area contributed by atoms with E-state index in [4.69, 9.17) is 4.74 Å². The fraction of sp³-hybridized carbons (Fsp3) is 0.467. The van der Waals surface area contributed by atoms with E-state index in [-0.39, 0.29) is 5.97 Å². The summed E-state index contributed by atoms with van der Waals surface area (Å²) in [5, 5.41) is 1.91. The second kappa shape index (κ2) is 5.02. The summed E-state index contributed by atoms with van der Waals surface area (Å²) in [6.45, 7) is 5.68. The van der Waals surface area contributed by atoms with Crippen LogP contribution in [0.1, 0.15) is 33.6 Å². The molecule has 0 radical (unpaired) electrons. The molecule has 0 atom stereocenters. The van der Waals surface area contributed by atoms with Crippen molar-refractivity contribution in [2.24, 2.45) is 0 Å². The molecule has 1 saturated carbocycles. The van der Waals surface area contributed by atoms with Crippen molar-refractivity contribution in [2.45, 2.75) is 49.0 Å². The molecule has 1 aliphatic rings. The molecule has 3 rings (SSSR count). The Balaban J connectivity index is 1.84. The third kappa shape index (κ3) is 2.97. The van der Waals surface area contributed by atoms with E-state index in [1.54, 1.807) is 6.20 Å². The van der Waals surface area contributed by atoms with E-state index in [1.165, 1.54) is 11.8 Å². The van der Waals surface area contributed by atoms with Gasteiger partial charge in [0.2, 0.25) is 0 Å². The SMILES string of the molecule is CC(C)(C)OC(=O)C1(Sc2ncc3[nH]ccc3c2Br)CC1. The highest BCUT2D eigenvalue weighted by Gasteiger charge is 2.54. The number of rotatable bonds is 3. The molecule has 2 aromatic heterocycles. The molecule has 2 aromatic rings. The van der Waals surface area contributed by atoms with Crippen molar-refractivity contribution in [3.63, 3.8) is 0 Å². The summed E-state index contributed by atoms with van der Waals surface area (Å²) in [7, 11) is 0. The van der Waals surface area contributed by atoms with Crippen molar-refractivity contribution in [1.82, 2.24) is 9.97 Å². The molecule has 1 N–H and O–H groups in total. The number of pyridine rings is 1. The standard InChI is InChI=1S/C15H17BrN2O2S/c1-14(2,3)20-13(19)15(5-6-15)21-12-11(16)9-4-7-17-10(9)8-18-12/h4,7-8,17H,5-6H2,1-3H3. The number of hydrogen-bond donors (Lipinski definition) is 1. The van der Waals surface area contributed by atoms with Crippen molar-refractivity contribution in [1.29, 1.82) is 0 Å². The summed E-state index contributed by atoms with van der Waals surface area (Å²) < 4.78 is 6.01. The summed E-state index contributed by atoms with van der Waals surface area (Å²) in [5.74, 6) is -0.136. The van der Waals surface area contributed by atoms with Crippen LogP contribution in [0.4, 0.5) is 0 Å². The predicted octanol–water partition coefficient (Wildman–Crippen LogP) is 4.29. The Kier molecular flexibility index (Phi) is 3.56. The van der Waals surface area contributed by atoms with Crippen molar-refractivity contribution in [3.05, 3.63) is 22.9 Å². The molecular formula is C15H17BrN2O2S. The first-order valence-electron chi connectivity index (χ1n) is 6.85. The Bertz CT molecular complexity index is 701. The number of hydrogen-bond acceptors (Lipinski definition) is 4. The normalized spacial score (nSPS) is 17.0. The zero-order chi connectivity index (χ0) is 15.3. The van der Waals surface area contributed by atoms with Crippen LogP contribution in [0, 0.1) is 0 Å². The molecule has 0 bridgehead atoms. The van der Waals surface area contributed by atoms with Crippen LogP contribution in [0.15, 0.2) is 28.0 Å². The average Bonchev–Trinajstić information content (AvgIpc) is 2.99. The molecule has 0 aromatic carbocycles. The van der Waals surface area contributed by atoms with Gasteiger partial charge in [0.25, 0.3) is 0 Å². The molecule has 112 valence electrons. The molecule has 1 aliphatic carbocycles. The first kappa shape index (κ1) is 14.9. The molecule has 2 heterocycles. The monoisotopic (exact) mass is 368 g/mol. The van der Waals surface area contributed by atoms with Crippen molar-refractivity contribution in [3.8, 4) is 0 Å². The van der Waals surface area contributed by atoms with Gasteiger partial charge in [0.1, 0.15) is 15.4 Å². The van der Waals surface area contributed by atoms with Gasteiger partial charge in [-0.3, -0.25) is 4.79 Å². The molecule has 0 unspecified atom stereocenters. The lowest BCUT2D eigenvalue weighted by Crippen LogP contribution is -2.31. The molecule has 6 heteroatoms. The summed E-state index contributed by atoms with van der Waals surface area (Å²) in [6.07, 6.45) is 5.36. The first-order valence-corrected chi connectivity index (χ1v) is 8.46. The Morgan fingerprint density at radius 1 is 1.48 bits per heavy atom. The van der Waals surface area contributed by atoms with Crippen LogP contribution in [0.2, 0.25) is 0 Å². The third-order valence-corrected chi connectivity index (χ3v) is 5.81. The number of esters is 1. The van der Waals surface area contributed by atoms with Gasteiger partial charge in [-0.25, -0.2) is 4.98 Å². The number of carbonyl (C=O) groups is 1. The number of aromatic nitrogens is 2. The van der Waals surface area contributed by atoms with Gasteiger partial charge >= 0.3 is 5.97 Å². The van der Waals surface area contributed by atoms with E-state index in [0.717, 1.165) is 33.2 Å². The van der Waals surface area contributed by atoms with E-state index in [0.29, 0.717) is 0 Å². The van der Waals surface area contributed by atoms with Crippen LogP contribution >= 0.6 is 27.7 Å². The number of aromatic amines is 1. The molecule has 0 saturated heterocycles. The lowest BCUT2D eigenvalue weighted by Gasteiger charge is -2.23. The summed E-state index contributed by atoms with van der Waals surface area (Å²) >= 11 is 5.10. The highest BCUT2D eigenvalue weighted by Crippen LogP contribution is 2.54. The number of ether oxygens (including phenoxy) is 1. The van der Waals surface area contributed by atoms with Crippen LogP contribution in [0.5, 0.6) is 0 Å². The van der Waals surface area contributed by atoms with Crippen molar-refractivity contribution >= 4 is 44.6 Å². The summed E-state index contributed by atoms with van der Waals surface area (Å²) in [4.78, 5) is 20.0. The van der Waals surface area contributed by atoms with Gasteiger partial charge in [-0.15, -0.1) is 0 Å². The van der Waals surface area contributed by atoms with Crippen LogP contribution < -0.4 is 0 Å². The number of fused-ring (bicyclic) bond motifs is 1. The van der Waals surface area contributed by atoms with Gasteiger partial charge < -0.3 is 9.72 Å². The Labute approximate surface area is 136 Å². The maximum Gasteiger partial charge on any atom is 0.323 e. The van der Waals surface area contributed by atoms with E-state index >= 15 is 0 Å². The highest BCUT2D eigenvalue weighted by molar-refractivity contribution is 9.10. The average molecular weight is 369 g/mol. The Hall–Kier alpha value is -1.01. The van der Waals surface area contributed by atoms with Crippen molar-refractivity contribution < 1.29 is 9.53 Å². The van der Waals surface area contributed by atoms with Gasteiger partial charge in [0.05, 0.1) is 16.2 Å². The number of H-pyrrole nitrogens is 1. The molecule has 1 fully saturated rings. The molecule has 21 heavy (non-hydrogen) atoms. The topological polar surface area (TPSA) is 55.0 Å². The van der Waals surface area contributed by atoms with E-state index in [1.807, 2.05) is 33.0 Å². The van der Waals surface area contributed by atoms with Crippen molar-refractivity contribution in [2.75, 3.05) is 0 Å². The van der Waals surface area contributed by atoms with Crippen LogP contribution in [-0.2, 0) is 9.53 Å². The number of nitrogens with one attached hydrogen (secondary N) is 1. The quantitative estimate of drug-likeness (QED) is 0.820. The second-order valence-electron chi connectivity index (χ2n) is 6.28. The molecule has 0 aliphatic heterocycles. The second-order valence-corrected chi connectivity index (χ2v) is 8.45. The molecule has 4 nitrogen and oxygen atoms in total. The van der Waals surface area contributed by atoms with Crippen LogP contribution in [-0.4, -0.2) is 26.3 Å². The zero-order valence-electron chi connectivity index (χ0n) is 12.2. The van der Waals surface area contributed by atoms with Gasteiger partial charge in [-0.05, 0) is 55.6 Å². The largest absolute Gasteiger partial charge is 0.459 e. The maximum atomic E-state index is 12.4. The predicted molar refractivity (Wildman–Crippen MR) is 87.5 cm³/mol. The van der Waals surface area contributed by atoms with Gasteiger partial charge in [0.15, 0.2) is 0 Å². The van der Waals surface area contributed by atoms with E-state index < -0.39 is 10.3 Å². The minimum Gasteiger partial charge on any atom is -0.459 e. The highest BCUT2D eigenvalue weighted by atomic mass is 79.9. The lowest BCUT2D eigenvalue weighted by atomic mass is 10.2. The minimum absolute atomic E-state index is 0.136. The van der Waals surface area contributed by atoms with Gasteiger partial charge in [-0.2, -0.15) is 0 Å². The molecular weight excluding hydrogens is 352 g/mol. The summed E-state index contributed by atoms with van der Waals surface area (Å²) in [6, 6.07) is 2.00. The number of carbonyl (C=O) groups excluding carboxylic acids is 1. The maximum absolute atomic E-state index is 12.4. The zero-order valence-corrected chi connectivity index (χ0v) is 14.6. The van der Waals surface area contributed by atoms with Gasteiger partial charge in [0, 0.05) is 11.6 Å². The Morgan fingerprint density at radius 3 is 2.81 bits per heavy atom. The number of nitrogens with zero attached hydrogens (tertiary/aromatic N) is 1. The number of halogens is 1. The van der Waals surface area contributed by atoms with E-state index in [2.05, 4.69) is 25.9 Å². The third-order valence-electron chi connectivity index (χ3n) is 3.28. The van der Waals surface area contributed by atoms with E-state index in [9.17, 15) is 4.79 Å². The fourth-order valence-corrected chi connectivity index (χ4v) is 3.86. The molecule has 0 spiro atoms. The smallest absolute Gasteiger partial charge is 0.323 e. The van der Waals surface area contributed by atoms with Crippen LogP contribution in [0.3, 0.4) is 0 Å². The lowest BCUT2D eigenvalue weighted by molar-refractivity contribution is -0.155. The Morgan fingerprint density at radius 2 is 2.19 bits per heavy atom. The number of thioether (sulfide) groups is 1. The minimum atomic E-state index is -0.465. The summed E-state index contributed by atoms with van der Waals surface area (Å²) in [5.41, 5.74) is 0.524. The molecule has 0 amide bonds. The van der Waals surface area contributed by atoms with Crippen LogP contribution in [0.25, 0.3) is 10.9 Å². The van der Waals surface area contributed by atoms with Gasteiger partial charge in [-0.1, -0.05) is 11.8 Å². The fourth-order valence-electron chi connectivity index (χ4n) is 2.06.